The number of ether oxygens (including phenoxy) is 1. The highest BCUT2D eigenvalue weighted by Crippen LogP contribution is 2.48. The quantitative estimate of drug-likeness (QED) is 0.853. The number of hydrogen-bond acceptors (Lipinski definition) is 3. The largest absolute Gasteiger partial charge is 0.444 e. The molecule has 2 aliphatic carbocycles. The Balaban J connectivity index is 1.35. The number of nitrogens with one attached hydrogen (secondary N) is 1. The van der Waals surface area contributed by atoms with Crippen LogP contribution in [0.3, 0.4) is 0 Å². The van der Waals surface area contributed by atoms with Gasteiger partial charge < -0.3 is 15.0 Å². The third-order valence-electron chi connectivity index (χ3n) is 4.46. The maximum Gasteiger partial charge on any atom is 0.410 e. The molecule has 2 saturated carbocycles. The zero-order valence-electron chi connectivity index (χ0n) is 12.4. The molecule has 1 heterocycles. The van der Waals surface area contributed by atoms with Crippen LogP contribution in [0.5, 0.6) is 0 Å². The van der Waals surface area contributed by atoms with Crippen LogP contribution in [-0.4, -0.2) is 42.3 Å². The van der Waals surface area contributed by atoms with Crippen molar-refractivity contribution in [2.24, 2.45) is 11.3 Å². The molecular formula is C15H26N2O2. The van der Waals surface area contributed by atoms with Crippen molar-refractivity contribution in [2.75, 3.05) is 19.6 Å². The van der Waals surface area contributed by atoms with Gasteiger partial charge in [-0.1, -0.05) is 0 Å². The lowest BCUT2D eigenvalue weighted by Gasteiger charge is -2.58. The van der Waals surface area contributed by atoms with Crippen molar-refractivity contribution in [1.82, 2.24) is 10.2 Å². The minimum Gasteiger partial charge on any atom is -0.444 e. The van der Waals surface area contributed by atoms with E-state index in [4.69, 9.17) is 4.74 Å². The summed E-state index contributed by atoms with van der Waals surface area (Å²) in [4.78, 5) is 13.7. The van der Waals surface area contributed by atoms with E-state index in [1.54, 1.807) is 0 Å². The molecule has 0 aromatic rings. The van der Waals surface area contributed by atoms with Gasteiger partial charge in [-0.25, -0.2) is 4.79 Å². The second kappa shape index (κ2) is 4.37. The first-order valence-electron chi connectivity index (χ1n) is 7.57. The van der Waals surface area contributed by atoms with Crippen LogP contribution in [0.4, 0.5) is 4.79 Å². The Kier molecular flexibility index (Phi) is 3.04. The predicted molar refractivity (Wildman–Crippen MR) is 74.0 cm³/mol. The van der Waals surface area contributed by atoms with Gasteiger partial charge in [0.1, 0.15) is 5.60 Å². The van der Waals surface area contributed by atoms with E-state index in [1.807, 2.05) is 25.7 Å². The van der Waals surface area contributed by atoms with Crippen LogP contribution >= 0.6 is 0 Å². The van der Waals surface area contributed by atoms with Gasteiger partial charge >= 0.3 is 6.09 Å². The molecule has 1 saturated heterocycles. The van der Waals surface area contributed by atoms with Crippen LogP contribution in [0.1, 0.15) is 46.5 Å². The minimum atomic E-state index is -0.381. The topological polar surface area (TPSA) is 41.6 Å². The normalized spacial score (nSPS) is 25.9. The number of carbonyl (C=O) groups excluding carboxylic acids is 1. The molecule has 1 amide bonds. The molecule has 1 N–H and O–H groups in total. The summed E-state index contributed by atoms with van der Waals surface area (Å²) in [7, 11) is 0. The zero-order chi connectivity index (χ0) is 13.7. The fraction of sp³-hybridized carbons (Fsp3) is 0.933. The Bertz CT molecular complexity index is 357. The van der Waals surface area contributed by atoms with Gasteiger partial charge in [0.2, 0.25) is 0 Å². The highest BCUT2D eigenvalue weighted by atomic mass is 16.6. The van der Waals surface area contributed by atoms with Crippen molar-refractivity contribution in [3.05, 3.63) is 0 Å². The molecule has 4 nitrogen and oxygen atoms in total. The summed E-state index contributed by atoms with van der Waals surface area (Å²) in [6, 6.07) is 0.696. The number of nitrogens with zero attached hydrogens (tertiary/aromatic N) is 1. The monoisotopic (exact) mass is 266 g/mol. The Morgan fingerprint density at radius 1 is 1.32 bits per heavy atom. The smallest absolute Gasteiger partial charge is 0.410 e. The van der Waals surface area contributed by atoms with E-state index in [0.717, 1.165) is 19.0 Å². The Labute approximate surface area is 115 Å². The van der Waals surface area contributed by atoms with E-state index in [2.05, 4.69) is 5.32 Å². The summed E-state index contributed by atoms with van der Waals surface area (Å²) in [5.74, 6) is 0.955. The fourth-order valence-corrected chi connectivity index (χ4v) is 3.26. The molecule has 0 radical (unpaired) electrons. The summed E-state index contributed by atoms with van der Waals surface area (Å²) in [5.41, 5.74) is 0.0337. The molecule has 19 heavy (non-hydrogen) atoms. The maximum atomic E-state index is 11.9. The van der Waals surface area contributed by atoms with E-state index in [9.17, 15) is 4.79 Å². The lowest BCUT2D eigenvalue weighted by atomic mass is 9.61. The van der Waals surface area contributed by atoms with Crippen molar-refractivity contribution < 1.29 is 9.53 Å². The van der Waals surface area contributed by atoms with Crippen LogP contribution in [0.25, 0.3) is 0 Å². The minimum absolute atomic E-state index is 0.146. The zero-order valence-corrected chi connectivity index (χ0v) is 12.4. The average Bonchev–Trinajstić information content (AvgIpc) is 2.92. The van der Waals surface area contributed by atoms with E-state index in [1.165, 1.54) is 32.2 Å². The number of amides is 1. The van der Waals surface area contributed by atoms with Gasteiger partial charge in [-0.05, 0) is 58.9 Å². The van der Waals surface area contributed by atoms with Crippen molar-refractivity contribution in [2.45, 2.75) is 58.1 Å². The van der Waals surface area contributed by atoms with Crippen LogP contribution in [-0.2, 0) is 4.74 Å². The molecule has 0 unspecified atom stereocenters. The molecule has 1 aliphatic heterocycles. The number of likely N-dealkylation sites (tertiary alicyclic amines) is 1. The molecule has 3 fully saturated rings. The fourth-order valence-electron chi connectivity index (χ4n) is 3.26. The van der Waals surface area contributed by atoms with Crippen LogP contribution in [0.15, 0.2) is 0 Å². The first kappa shape index (κ1) is 13.2. The molecule has 4 heteroatoms. The van der Waals surface area contributed by atoms with E-state index in [0.29, 0.717) is 11.5 Å². The summed E-state index contributed by atoms with van der Waals surface area (Å²) < 4.78 is 5.39. The van der Waals surface area contributed by atoms with Crippen LogP contribution in [0, 0.1) is 11.3 Å². The van der Waals surface area contributed by atoms with E-state index in [-0.39, 0.29) is 11.7 Å². The van der Waals surface area contributed by atoms with Crippen LogP contribution < -0.4 is 5.32 Å². The summed E-state index contributed by atoms with van der Waals surface area (Å²) in [6.45, 7) is 8.74. The lowest BCUT2D eigenvalue weighted by Crippen LogP contribution is -2.67. The highest BCUT2D eigenvalue weighted by Gasteiger charge is 2.54. The maximum absolute atomic E-state index is 11.9. The van der Waals surface area contributed by atoms with E-state index >= 15 is 0 Å². The highest BCUT2D eigenvalue weighted by molar-refractivity contribution is 5.69. The van der Waals surface area contributed by atoms with Crippen molar-refractivity contribution in [3.63, 3.8) is 0 Å². The average molecular weight is 266 g/mol. The molecular weight excluding hydrogens is 240 g/mol. The van der Waals surface area contributed by atoms with Gasteiger partial charge in [0.25, 0.3) is 0 Å². The van der Waals surface area contributed by atoms with Crippen LogP contribution in [0.2, 0.25) is 0 Å². The van der Waals surface area contributed by atoms with Gasteiger partial charge in [0.05, 0.1) is 0 Å². The van der Waals surface area contributed by atoms with Gasteiger partial charge in [-0.3, -0.25) is 0 Å². The molecule has 0 aromatic carbocycles. The summed E-state index contributed by atoms with van der Waals surface area (Å²) >= 11 is 0. The SMILES string of the molecule is CC(C)(C)OC(=O)N1CC2(CC(NCC3CC3)C2)C1. The molecule has 0 atom stereocenters. The molecule has 1 spiro atoms. The summed E-state index contributed by atoms with van der Waals surface area (Å²) in [6.07, 6.45) is 5.15. The predicted octanol–water partition coefficient (Wildman–Crippen LogP) is 2.39. The molecule has 108 valence electrons. The molecule has 0 aromatic heterocycles. The van der Waals surface area contributed by atoms with Gasteiger partial charge in [-0.2, -0.15) is 0 Å². The Morgan fingerprint density at radius 3 is 2.47 bits per heavy atom. The summed E-state index contributed by atoms with van der Waals surface area (Å²) in [5, 5.41) is 3.65. The third-order valence-corrected chi connectivity index (χ3v) is 4.46. The van der Waals surface area contributed by atoms with Crippen molar-refractivity contribution >= 4 is 6.09 Å². The van der Waals surface area contributed by atoms with Gasteiger partial charge in [0.15, 0.2) is 0 Å². The lowest BCUT2D eigenvalue weighted by molar-refractivity contribution is -0.0828. The van der Waals surface area contributed by atoms with Gasteiger partial charge in [0, 0.05) is 24.5 Å². The van der Waals surface area contributed by atoms with Crippen molar-refractivity contribution in [1.29, 1.82) is 0 Å². The number of carbonyl (C=O) groups is 1. The number of rotatable bonds is 3. The van der Waals surface area contributed by atoms with E-state index < -0.39 is 0 Å². The first-order valence-corrected chi connectivity index (χ1v) is 7.57. The molecule has 3 rings (SSSR count). The molecule has 0 bridgehead atoms. The number of hydrogen-bond donors (Lipinski definition) is 1. The second-order valence-electron chi connectivity index (χ2n) is 7.79. The third kappa shape index (κ3) is 3.04. The molecule has 3 aliphatic rings. The van der Waals surface area contributed by atoms with Gasteiger partial charge in [-0.15, -0.1) is 0 Å². The second-order valence-corrected chi connectivity index (χ2v) is 7.79. The Hall–Kier alpha value is -0.770. The first-order chi connectivity index (χ1) is 8.85. The Morgan fingerprint density at radius 2 is 1.95 bits per heavy atom. The van der Waals surface area contributed by atoms with Crippen molar-refractivity contribution in [3.8, 4) is 0 Å². The standard InChI is InChI=1S/C15H26N2O2/c1-14(2,3)19-13(18)17-9-15(10-17)6-12(7-15)16-8-11-4-5-11/h11-12,16H,4-10H2,1-3H3.